The summed E-state index contributed by atoms with van der Waals surface area (Å²) in [6, 6.07) is 10.1. The van der Waals surface area contributed by atoms with Crippen molar-refractivity contribution in [2.24, 2.45) is 0 Å². The Morgan fingerprint density at radius 3 is 2.27 bits per heavy atom. The van der Waals surface area contributed by atoms with Crippen molar-refractivity contribution in [1.29, 1.82) is 0 Å². The molecular weight excluding hydrogens is 298 g/mol. The molecule has 0 aromatic heterocycles. The second-order valence-electron chi connectivity index (χ2n) is 5.40. The normalized spacial score (nSPS) is 11.9. The summed E-state index contributed by atoms with van der Waals surface area (Å²) < 4.78 is 0. The van der Waals surface area contributed by atoms with E-state index >= 15 is 0 Å². The van der Waals surface area contributed by atoms with Gasteiger partial charge in [0.2, 0.25) is 5.91 Å². The van der Waals surface area contributed by atoms with Crippen molar-refractivity contribution in [3.8, 4) is 0 Å². The molecule has 22 heavy (non-hydrogen) atoms. The Hall–Kier alpha value is -1.49. The van der Waals surface area contributed by atoms with Crippen LogP contribution in [0.25, 0.3) is 0 Å². The van der Waals surface area contributed by atoms with Crippen LogP contribution in [0.3, 0.4) is 0 Å². The van der Waals surface area contributed by atoms with E-state index in [4.69, 9.17) is 5.11 Å². The molecule has 0 fully saturated rings. The smallest absolute Gasteiger partial charge is 0.303 e. The molecule has 0 saturated heterocycles. The maximum atomic E-state index is 11.8. The van der Waals surface area contributed by atoms with Gasteiger partial charge in [0.05, 0.1) is 0 Å². The van der Waals surface area contributed by atoms with Gasteiger partial charge in [0.25, 0.3) is 0 Å². The van der Waals surface area contributed by atoms with E-state index in [1.54, 1.807) is 0 Å². The minimum atomic E-state index is -0.753. The van der Waals surface area contributed by atoms with E-state index in [2.05, 4.69) is 30.1 Å². The summed E-state index contributed by atoms with van der Waals surface area (Å²) in [5.41, 5.74) is 1.19. The average Bonchev–Trinajstić information content (AvgIpc) is 2.52. The van der Waals surface area contributed by atoms with Crippen molar-refractivity contribution in [1.82, 2.24) is 5.32 Å². The van der Waals surface area contributed by atoms with Crippen LogP contribution in [0.1, 0.15) is 50.0 Å². The van der Waals surface area contributed by atoms with Crippen molar-refractivity contribution in [3.05, 3.63) is 35.9 Å². The third-order valence-electron chi connectivity index (χ3n) is 3.58. The third kappa shape index (κ3) is 8.08. The first-order chi connectivity index (χ1) is 10.6. The Labute approximate surface area is 137 Å². The molecule has 1 unspecified atom stereocenters. The molecule has 2 N–H and O–H groups in total. The quantitative estimate of drug-likeness (QED) is 0.433. The first-order valence-corrected chi connectivity index (χ1v) is 8.41. The zero-order chi connectivity index (χ0) is 16.2. The number of benzene rings is 1. The van der Waals surface area contributed by atoms with E-state index in [-0.39, 0.29) is 18.2 Å². The molecule has 0 radical (unpaired) electrons. The summed E-state index contributed by atoms with van der Waals surface area (Å²) in [5, 5.41) is 11.5. The molecule has 1 amide bonds. The van der Waals surface area contributed by atoms with Gasteiger partial charge in [-0.15, -0.1) is 0 Å². The predicted octanol–water partition coefficient (Wildman–Crippen LogP) is 3.24. The van der Waals surface area contributed by atoms with Gasteiger partial charge in [-0.2, -0.15) is 12.6 Å². The highest BCUT2D eigenvalue weighted by molar-refractivity contribution is 7.80. The lowest BCUT2D eigenvalue weighted by Crippen LogP contribution is -2.28. The summed E-state index contributed by atoms with van der Waals surface area (Å²) in [7, 11) is 0. The molecule has 1 aromatic carbocycles. The topological polar surface area (TPSA) is 66.4 Å². The van der Waals surface area contributed by atoms with Crippen molar-refractivity contribution >= 4 is 24.5 Å². The number of thiol groups is 1. The third-order valence-corrected chi connectivity index (χ3v) is 4.02. The monoisotopic (exact) mass is 323 g/mol. The first kappa shape index (κ1) is 18.6. The Morgan fingerprint density at radius 1 is 1.05 bits per heavy atom. The van der Waals surface area contributed by atoms with E-state index in [1.807, 2.05) is 18.2 Å². The van der Waals surface area contributed by atoms with Gasteiger partial charge in [-0.3, -0.25) is 9.59 Å². The van der Waals surface area contributed by atoms with E-state index in [0.717, 1.165) is 19.3 Å². The Kier molecular flexibility index (Phi) is 9.39. The lowest BCUT2D eigenvalue weighted by Gasteiger charge is -2.15. The van der Waals surface area contributed by atoms with Crippen LogP contribution in [-0.2, 0) is 9.59 Å². The highest BCUT2D eigenvalue weighted by Gasteiger charge is 2.10. The minimum Gasteiger partial charge on any atom is -0.481 e. The van der Waals surface area contributed by atoms with Crippen LogP contribution in [-0.4, -0.2) is 29.3 Å². The molecule has 0 heterocycles. The highest BCUT2D eigenvalue weighted by atomic mass is 32.1. The maximum absolute atomic E-state index is 11.8. The zero-order valence-electron chi connectivity index (χ0n) is 12.8. The van der Waals surface area contributed by atoms with E-state index in [0.29, 0.717) is 25.1 Å². The highest BCUT2D eigenvalue weighted by Crippen LogP contribution is 2.16. The Balaban J connectivity index is 2.15. The number of carbonyl (C=O) groups is 2. The zero-order valence-corrected chi connectivity index (χ0v) is 13.7. The van der Waals surface area contributed by atoms with Gasteiger partial charge in [-0.25, -0.2) is 0 Å². The van der Waals surface area contributed by atoms with E-state index in [1.165, 1.54) is 5.56 Å². The van der Waals surface area contributed by atoms with Gasteiger partial charge in [0.1, 0.15) is 0 Å². The molecule has 0 bridgehead atoms. The number of rotatable bonds is 11. The number of unbranched alkanes of at least 4 members (excludes halogenated alkanes) is 3. The fraction of sp³-hybridized carbons (Fsp3) is 0.529. The van der Waals surface area contributed by atoms with Crippen LogP contribution in [0.2, 0.25) is 0 Å². The summed E-state index contributed by atoms with van der Waals surface area (Å²) in [6.45, 7) is 0.603. The molecule has 0 aliphatic heterocycles. The fourth-order valence-electron chi connectivity index (χ4n) is 2.25. The van der Waals surface area contributed by atoms with Crippen LogP contribution in [0.4, 0.5) is 0 Å². The van der Waals surface area contributed by atoms with Gasteiger partial charge in [-0.05, 0) is 24.2 Å². The van der Waals surface area contributed by atoms with Crippen LogP contribution >= 0.6 is 12.6 Å². The lowest BCUT2D eigenvalue weighted by molar-refractivity contribution is -0.137. The number of aliphatic carboxylic acids is 1. The summed E-state index contributed by atoms with van der Waals surface area (Å²) in [6.07, 6.45) is 3.97. The van der Waals surface area contributed by atoms with Crippen LogP contribution in [0, 0.1) is 0 Å². The molecule has 0 saturated carbocycles. The number of carboxylic acid groups (broad SMARTS) is 1. The Morgan fingerprint density at radius 2 is 1.68 bits per heavy atom. The largest absolute Gasteiger partial charge is 0.481 e. The molecular formula is C17H25NO3S. The van der Waals surface area contributed by atoms with Gasteiger partial charge in [0, 0.05) is 25.3 Å². The summed E-state index contributed by atoms with van der Waals surface area (Å²) in [4.78, 5) is 22.2. The molecule has 1 rings (SSSR count). The SMILES string of the molecule is O=C(O)CCCCCCC(=O)NCC(CS)c1ccccc1. The second kappa shape index (κ2) is 11.1. The second-order valence-corrected chi connectivity index (χ2v) is 5.77. The number of carbonyl (C=O) groups excluding carboxylic acids is 1. The number of hydrogen-bond acceptors (Lipinski definition) is 3. The minimum absolute atomic E-state index is 0.0564. The summed E-state index contributed by atoms with van der Waals surface area (Å²) in [5.74, 6) is 0.223. The summed E-state index contributed by atoms with van der Waals surface area (Å²) >= 11 is 4.36. The van der Waals surface area contributed by atoms with Gasteiger partial charge in [-0.1, -0.05) is 43.2 Å². The van der Waals surface area contributed by atoms with Crippen LogP contribution in [0.15, 0.2) is 30.3 Å². The van der Waals surface area contributed by atoms with Gasteiger partial charge in [0.15, 0.2) is 0 Å². The van der Waals surface area contributed by atoms with Crippen molar-refractivity contribution in [3.63, 3.8) is 0 Å². The average molecular weight is 323 g/mol. The number of hydrogen-bond donors (Lipinski definition) is 3. The number of nitrogens with one attached hydrogen (secondary N) is 1. The standard InChI is InChI=1S/C17H25NO3S/c19-16(10-6-1-2-7-11-17(20)21)18-12-15(13-22)14-8-4-3-5-9-14/h3-5,8-9,15,22H,1-2,6-7,10-13H2,(H,18,19)(H,20,21). The number of carboxylic acids is 1. The molecule has 5 heteroatoms. The molecule has 0 aliphatic rings. The van der Waals surface area contributed by atoms with Crippen LogP contribution < -0.4 is 5.32 Å². The molecule has 122 valence electrons. The van der Waals surface area contributed by atoms with Crippen molar-refractivity contribution in [2.75, 3.05) is 12.3 Å². The molecule has 0 aliphatic carbocycles. The van der Waals surface area contributed by atoms with Crippen molar-refractivity contribution in [2.45, 2.75) is 44.4 Å². The van der Waals surface area contributed by atoms with E-state index < -0.39 is 5.97 Å². The van der Waals surface area contributed by atoms with E-state index in [9.17, 15) is 9.59 Å². The predicted molar refractivity (Wildman–Crippen MR) is 91.4 cm³/mol. The van der Waals surface area contributed by atoms with Crippen LogP contribution in [0.5, 0.6) is 0 Å². The molecule has 1 atom stereocenters. The first-order valence-electron chi connectivity index (χ1n) is 7.77. The van der Waals surface area contributed by atoms with Crippen molar-refractivity contribution < 1.29 is 14.7 Å². The van der Waals surface area contributed by atoms with Gasteiger partial charge >= 0.3 is 5.97 Å². The molecule has 4 nitrogen and oxygen atoms in total. The molecule has 0 spiro atoms. The Bertz CT molecular complexity index is 450. The number of amides is 1. The maximum Gasteiger partial charge on any atom is 0.303 e. The fourth-order valence-corrected chi connectivity index (χ4v) is 2.59. The van der Waals surface area contributed by atoms with Gasteiger partial charge < -0.3 is 10.4 Å². The lowest BCUT2D eigenvalue weighted by atomic mass is 10.0. The molecule has 1 aromatic rings.